The number of nitrogens with two attached hydrogens (primary N) is 1. The van der Waals surface area contributed by atoms with Crippen LogP contribution in [0.4, 0.5) is 0 Å². The summed E-state index contributed by atoms with van der Waals surface area (Å²) in [5.41, 5.74) is 5.70. The summed E-state index contributed by atoms with van der Waals surface area (Å²) in [6.07, 6.45) is 1.88. The minimum absolute atomic E-state index is 0.125. The monoisotopic (exact) mass is 170 g/mol. The van der Waals surface area contributed by atoms with Crippen molar-refractivity contribution in [1.82, 2.24) is 4.98 Å². The fraction of sp³-hybridized carbons (Fsp3) is 0.625. The highest BCUT2D eigenvalue weighted by Crippen LogP contribution is 2.24. The topological polar surface area (TPSA) is 38.9 Å². The number of aromatic nitrogens is 1. The molecule has 62 valence electrons. The van der Waals surface area contributed by atoms with Gasteiger partial charge < -0.3 is 5.73 Å². The average Bonchev–Trinajstić information content (AvgIpc) is 2.33. The van der Waals surface area contributed by atoms with E-state index in [1.165, 1.54) is 9.88 Å². The second-order valence-corrected chi connectivity index (χ2v) is 4.14. The van der Waals surface area contributed by atoms with E-state index < -0.39 is 0 Å². The van der Waals surface area contributed by atoms with Crippen molar-refractivity contribution in [1.29, 1.82) is 0 Å². The second-order valence-electron chi connectivity index (χ2n) is 3.04. The van der Waals surface area contributed by atoms with Crippen LogP contribution >= 0.6 is 11.3 Å². The zero-order chi connectivity index (χ0) is 8.43. The fourth-order valence-corrected chi connectivity index (χ4v) is 1.65. The molecule has 0 bridgehead atoms. The van der Waals surface area contributed by atoms with Crippen molar-refractivity contribution in [2.24, 2.45) is 5.73 Å². The molecule has 11 heavy (non-hydrogen) atoms. The third kappa shape index (κ3) is 2.01. The van der Waals surface area contributed by atoms with Crippen LogP contribution in [0.3, 0.4) is 0 Å². The van der Waals surface area contributed by atoms with Crippen molar-refractivity contribution in [3.63, 3.8) is 0 Å². The number of nitrogens with zero attached hydrogens (tertiary/aromatic N) is 1. The summed E-state index contributed by atoms with van der Waals surface area (Å²) in [4.78, 5) is 5.45. The van der Waals surface area contributed by atoms with E-state index in [4.69, 9.17) is 5.73 Å². The first kappa shape index (κ1) is 8.68. The van der Waals surface area contributed by atoms with E-state index in [1.54, 1.807) is 11.3 Å². The zero-order valence-corrected chi connectivity index (χ0v) is 7.98. The van der Waals surface area contributed by atoms with Gasteiger partial charge in [0.15, 0.2) is 0 Å². The minimum Gasteiger partial charge on any atom is -0.323 e. The second kappa shape index (κ2) is 3.32. The third-order valence-electron chi connectivity index (χ3n) is 1.48. The highest BCUT2D eigenvalue weighted by atomic mass is 32.1. The van der Waals surface area contributed by atoms with Gasteiger partial charge in [0.05, 0.1) is 5.01 Å². The van der Waals surface area contributed by atoms with Crippen molar-refractivity contribution < 1.29 is 0 Å². The van der Waals surface area contributed by atoms with E-state index in [2.05, 4.69) is 18.8 Å². The predicted molar refractivity (Wildman–Crippen MR) is 48.8 cm³/mol. The van der Waals surface area contributed by atoms with Crippen LogP contribution in [-0.2, 0) is 0 Å². The largest absolute Gasteiger partial charge is 0.323 e. The molecule has 0 amide bonds. The molecule has 1 aromatic rings. The molecule has 0 aliphatic carbocycles. The van der Waals surface area contributed by atoms with Crippen LogP contribution in [0.2, 0.25) is 0 Å². The van der Waals surface area contributed by atoms with Crippen LogP contribution in [-0.4, -0.2) is 4.98 Å². The van der Waals surface area contributed by atoms with Gasteiger partial charge in [0, 0.05) is 23.0 Å². The van der Waals surface area contributed by atoms with Crippen molar-refractivity contribution in [2.45, 2.75) is 32.7 Å². The molecule has 1 rings (SSSR count). The predicted octanol–water partition coefficient (Wildman–Crippen LogP) is 2.29. The molecule has 0 saturated carbocycles. The smallest absolute Gasteiger partial charge is 0.0953 e. The van der Waals surface area contributed by atoms with Gasteiger partial charge in [0.25, 0.3) is 0 Å². The van der Waals surface area contributed by atoms with Crippen LogP contribution in [0.15, 0.2) is 6.20 Å². The Balaban J connectivity index is 2.82. The van der Waals surface area contributed by atoms with Crippen molar-refractivity contribution in [2.75, 3.05) is 0 Å². The van der Waals surface area contributed by atoms with Crippen molar-refractivity contribution in [3.05, 3.63) is 16.1 Å². The molecule has 0 aromatic carbocycles. The highest BCUT2D eigenvalue weighted by molar-refractivity contribution is 7.11. The van der Waals surface area contributed by atoms with Gasteiger partial charge in [-0.1, -0.05) is 13.8 Å². The number of thiazole rings is 1. The lowest BCUT2D eigenvalue weighted by Crippen LogP contribution is -2.01. The molecular formula is C8H14N2S. The van der Waals surface area contributed by atoms with Crippen molar-refractivity contribution >= 4 is 11.3 Å². The molecule has 0 aliphatic rings. The highest BCUT2D eigenvalue weighted by Gasteiger charge is 2.07. The SMILES string of the molecule is CC(C)c1ncc(C(C)N)s1. The van der Waals surface area contributed by atoms with Gasteiger partial charge in [-0.15, -0.1) is 11.3 Å². The molecule has 0 aliphatic heterocycles. The molecule has 1 atom stereocenters. The van der Waals surface area contributed by atoms with Gasteiger partial charge in [0.2, 0.25) is 0 Å². The molecule has 3 heteroatoms. The number of hydrogen-bond donors (Lipinski definition) is 1. The molecule has 0 saturated heterocycles. The first-order valence-corrected chi connectivity index (χ1v) is 4.64. The molecule has 0 fully saturated rings. The Morgan fingerprint density at radius 2 is 2.09 bits per heavy atom. The Hall–Kier alpha value is -0.410. The maximum Gasteiger partial charge on any atom is 0.0953 e. The summed E-state index contributed by atoms with van der Waals surface area (Å²) in [5.74, 6) is 0.521. The van der Waals surface area contributed by atoms with E-state index in [9.17, 15) is 0 Å². The van der Waals surface area contributed by atoms with Crippen LogP contribution in [0.1, 0.15) is 42.6 Å². The molecule has 1 aromatic heterocycles. The first-order valence-electron chi connectivity index (χ1n) is 3.82. The zero-order valence-electron chi connectivity index (χ0n) is 7.16. The Labute approximate surface area is 71.5 Å². The molecule has 2 nitrogen and oxygen atoms in total. The standard InChI is InChI=1S/C8H14N2S/c1-5(2)8-10-4-7(11-8)6(3)9/h4-6H,9H2,1-3H3. The molecule has 0 spiro atoms. The summed E-state index contributed by atoms with van der Waals surface area (Å²) in [5, 5.41) is 1.18. The minimum atomic E-state index is 0.125. The van der Waals surface area contributed by atoms with Gasteiger partial charge in [-0.3, -0.25) is 0 Å². The first-order chi connectivity index (χ1) is 5.11. The van der Waals surface area contributed by atoms with Crippen molar-refractivity contribution in [3.8, 4) is 0 Å². The summed E-state index contributed by atoms with van der Waals surface area (Å²) in [6.45, 7) is 6.27. The number of rotatable bonds is 2. The Kier molecular flexibility index (Phi) is 2.62. The Bertz CT molecular complexity index is 205. The molecule has 1 unspecified atom stereocenters. The molecule has 0 radical (unpaired) electrons. The van der Waals surface area contributed by atoms with Crippen LogP contribution < -0.4 is 5.73 Å². The molecular weight excluding hydrogens is 156 g/mol. The Morgan fingerprint density at radius 1 is 1.45 bits per heavy atom. The van der Waals surface area contributed by atoms with Gasteiger partial charge in [-0.05, 0) is 6.92 Å². The fourth-order valence-electron chi connectivity index (χ4n) is 0.778. The maximum absolute atomic E-state index is 5.70. The molecule has 2 N–H and O–H groups in total. The normalized spacial score (nSPS) is 13.9. The lowest BCUT2D eigenvalue weighted by Gasteiger charge is -1.98. The van der Waals surface area contributed by atoms with Gasteiger partial charge in [-0.2, -0.15) is 0 Å². The van der Waals surface area contributed by atoms with Gasteiger partial charge in [-0.25, -0.2) is 4.98 Å². The summed E-state index contributed by atoms with van der Waals surface area (Å²) < 4.78 is 0. The van der Waals surface area contributed by atoms with Crippen LogP contribution in [0.25, 0.3) is 0 Å². The number of hydrogen-bond acceptors (Lipinski definition) is 3. The summed E-state index contributed by atoms with van der Waals surface area (Å²) >= 11 is 1.71. The molecule has 1 heterocycles. The van der Waals surface area contributed by atoms with E-state index in [0.29, 0.717) is 5.92 Å². The van der Waals surface area contributed by atoms with E-state index in [-0.39, 0.29) is 6.04 Å². The van der Waals surface area contributed by atoms with Gasteiger partial charge >= 0.3 is 0 Å². The lowest BCUT2D eigenvalue weighted by molar-refractivity contribution is 0.831. The van der Waals surface area contributed by atoms with Crippen LogP contribution in [0, 0.1) is 0 Å². The lowest BCUT2D eigenvalue weighted by atomic mass is 10.2. The summed E-state index contributed by atoms with van der Waals surface area (Å²) in [6, 6.07) is 0.125. The van der Waals surface area contributed by atoms with E-state index >= 15 is 0 Å². The van der Waals surface area contributed by atoms with E-state index in [1.807, 2.05) is 13.1 Å². The quantitative estimate of drug-likeness (QED) is 0.739. The van der Waals surface area contributed by atoms with E-state index in [0.717, 1.165) is 0 Å². The average molecular weight is 170 g/mol. The summed E-state index contributed by atoms with van der Waals surface area (Å²) in [7, 11) is 0. The maximum atomic E-state index is 5.70. The van der Waals surface area contributed by atoms with Gasteiger partial charge in [0.1, 0.15) is 0 Å². The Morgan fingerprint density at radius 3 is 2.36 bits per heavy atom. The third-order valence-corrected chi connectivity index (χ3v) is 2.98. The van der Waals surface area contributed by atoms with Crippen LogP contribution in [0.5, 0.6) is 0 Å².